The summed E-state index contributed by atoms with van der Waals surface area (Å²) in [5.74, 6) is -0.0335. The van der Waals surface area contributed by atoms with Gasteiger partial charge in [0.15, 0.2) is 0 Å². The summed E-state index contributed by atoms with van der Waals surface area (Å²) in [6, 6.07) is -0.271. The van der Waals surface area contributed by atoms with Crippen LogP contribution in [0.15, 0.2) is 0 Å². The SMILES string of the molecule is CSCCC(C)NC(=O)N(C)CC(=O)O. The minimum Gasteiger partial charge on any atom is -0.480 e. The summed E-state index contributed by atoms with van der Waals surface area (Å²) in [7, 11) is 1.46. The molecule has 0 rings (SSSR count). The lowest BCUT2D eigenvalue weighted by molar-refractivity contribution is -0.137. The Morgan fingerprint density at radius 2 is 2.13 bits per heavy atom. The van der Waals surface area contributed by atoms with Crippen molar-refractivity contribution < 1.29 is 14.7 Å². The molecule has 0 bridgehead atoms. The fourth-order valence-electron chi connectivity index (χ4n) is 0.962. The highest BCUT2D eigenvalue weighted by molar-refractivity contribution is 7.98. The summed E-state index contributed by atoms with van der Waals surface area (Å²) >= 11 is 1.72. The summed E-state index contributed by atoms with van der Waals surface area (Å²) in [6.07, 6.45) is 2.89. The van der Waals surface area contributed by atoms with Crippen LogP contribution in [0, 0.1) is 0 Å². The zero-order valence-electron chi connectivity index (χ0n) is 9.32. The molecule has 1 unspecified atom stereocenters. The predicted octanol–water partition coefficient (Wildman–Crippen LogP) is 0.854. The molecular formula is C9H18N2O3S. The van der Waals surface area contributed by atoms with Gasteiger partial charge in [-0.3, -0.25) is 4.79 Å². The van der Waals surface area contributed by atoms with E-state index in [1.165, 1.54) is 7.05 Å². The first kappa shape index (κ1) is 14.1. The van der Waals surface area contributed by atoms with Gasteiger partial charge in [-0.1, -0.05) is 0 Å². The standard InChI is InChI=1S/C9H18N2O3S/c1-7(4-5-15-3)10-9(14)11(2)6-8(12)13/h7H,4-6H2,1-3H3,(H,10,14)(H,12,13). The highest BCUT2D eigenvalue weighted by Crippen LogP contribution is 2.00. The van der Waals surface area contributed by atoms with Crippen molar-refractivity contribution in [2.24, 2.45) is 0 Å². The van der Waals surface area contributed by atoms with Gasteiger partial charge in [-0.25, -0.2) is 4.79 Å². The normalized spacial score (nSPS) is 11.9. The molecule has 0 aromatic rings. The number of amides is 2. The topological polar surface area (TPSA) is 69.6 Å². The molecule has 1 atom stereocenters. The summed E-state index contributed by atoms with van der Waals surface area (Å²) in [5.41, 5.74) is 0. The molecule has 0 aliphatic rings. The number of hydrogen-bond donors (Lipinski definition) is 2. The number of urea groups is 1. The van der Waals surface area contributed by atoms with E-state index in [2.05, 4.69) is 5.32 Å². The molecule has 6 heteroatoms. The first-order chi connectivity index (χ1) is 6.97. The van der Waals surface area contributed by atoms with E-state index in [1.54, 1.807) is 11.8 Å². The molecular weight excluding hydrogens is 216 g/mol. The van der Waals surface area contributed by atoms with Crippen molar-refractivity contribution in [3.8, 4) is 0 Å². The van der Waals surface area contributed by atoms with E-state index in [0.29, 0.717) is 0 Å². The number of rotatable bonds is 6. The van der Waals surface area contributed by atoms with Crippen molar-refractivity contribution >= 4 is 23.8 Å². The van der Waals surface area contributed by atoms with Gasteiger partial charge in [0.2, 0.25) is 0 Å². The molecule has 0 aromatic carbocycles. The van der Waals surface area contributed by atoms with Crippen LogP contribution in [-0.4, -0.2) is 53.6 Å². The number of aliphatic carboxylic acids is 1. The first-order valence-electron chi connectivity index (χ1n) is 4.69. The van der Waals surface area contributed by atoms with Gasteiger partial charge in [0.1, 0.15) is 6.54 Å². The maximum absolute atomic E-state index is 11.4. The van der Waals surface area contributed by atoms with E-state index >= 15 is 0 Å². The Morgan fingerprint density at radius 3 is 2.60 bits per heavy atom. The first-order valence-corrected chi connectivity index (χ1v) is 6.09. The Morgan fingerprint density at radius 1 is 1.53 bits per heavy atom. The van der Waals surface area contributed by atoms with Gasteiger partial charge in [-0.2, -0.15) is 11.8 Å². The van der Waals surface area contributed by atoms with E-state index in [4.69, 9.17) is 5.11 Å². The molecule has 0 spiro atoms. The minimum absolute atomic E-state index is 0.0706. The number of nitrogens with one attached hydrogen (secondary N) is 1. The lowest BCUT2D eigenvalue weighted by Gasteiger charge is -2.19. The molecule has 0 aromatic heterocycles. The molecule has 2 amide bonds. The Hall–Kier alpha value is -0.910. The molecule has 0 aliphatic carbocycles. The van der Waals surface area contributed by atoms with Crippen molar-refractivity contribution in [2.45, 2.75) is 19.4 Å². The number of carboxylic acids is 1. The fourth-order valence-corrected chi connectivity index (χ4v) is 1.55. The second-order valence-corrected chi connectivity index (χ2v) is 4.37. The average molecular weight is 234 g/mol. The van der Waals surface area contributed by atoms with Crippen LogP contribution < -0.4 is 5.32 Å². The molecule has 88 valence electrons. The van der Waals surface area contributed by atoms with E-state index in [0.717, 1.165) is 17.1 Å². The molecule has 5 nitrogen and oxygen atoms in total. The zero-order chi connectivity index (χ0) is 11.8. The summed E-state index contributed by atoms with van der Waals surface area (Å²) in [5, 5.41) is 11.2. The fraction of sp³-hybridized carbons (Fsp3) is 0.778. The van der Waals surface area contributed by atoms with Gasteiger partial charge in [0.25, 0.3) is 0 Å². The Kier molecular flexibility index (Phi) is 6.94. The lowest BCUT2D eigenvalue weighted by Crippen LogP contribution is -2.44. The Labute approximate surface area is 94.2 Å². The third-order valence-corrected chi connectivity index (χ3v) is 2.49. The molecule has 0 saturated carbocycles. The summed E-state index contributed by atoms with van der Waals surface area (Å²) < 4.78 is 0. The molecule has 0 radical (unpaired) electrons. The quantitative estimate of drug-likeness (QED) is 0.715. The molecule has 0 saturated heterocycles. The molecule has 0 aliphatic heterocycles. The van der Waals surface area contributed by atoms with Crippen LogP contribution in [0.1, 0.15) is 13.3 Å². The van der Waals surface area contributed by atoms with Crippen LogP contribution in [0.3, 0.4) is 0 Å². The van der Waals surface area contributed by atoms with Gasteiger partial charge in [0.05, 0.1) is 0 Å². The third-order valence-electron chi connectivity index (χ3n) is 1.84. The van der Waals surface area contributed by atoms with Crippen LogP contribution in [0.4, 0.5) is 4.79 Å². The van der Waals surface area contributed by atoms with Crippen LogP contribution in [-0.2, 0) is 4.79 Å². The Bertz CT molecular complexity index is 223. The van der Waals surface area contributed by atoms with Gasteiger partial charge in [-0.05, 0) is 25.4 Å². The average Bonchev–Trinajstić information content (AvgIpc) is 2.13. The second kappa shape index (κ2) is 7.39. The number of carbonyl (C=O) groups is 2. The number of likely N-dealkylation sites (N-methyl/N-ethyl adjacent to an activating group) is 1. The van der Waals surface area contributed by atoms with Crippen molar-refractivity contribution in [3.05, 3.63) is 0 Å². The van der Waals surface area contributed by atoms with Gasteiger partial charge in [-0.15, -0.1) is 0 Å². The smallest absolute Gasteiger partial charge is 0.323 e. The minimum atomic E-state index is -1.01. The number of carboxylic acid groups (broad SMARTS) is 1. The van der Waals surface area contributed by atoms with Crippen LogP contribution in [0.5, 0.6) is 0 Å². The second-order valence-electron chi connectivity index (χ2n) is 3.38. The van der Waals surface area contributed by atoms with Gasteiger partial charge < -0.3 is 15.3 Å². The Balaban J connectivity index is 3.85. The van der Waals surface area contributed by atoms with Crippen molar-refractivity contribution in [1.82, 2.24) is 10.2 Å². The maximum atomic E-state index is 11.4. The third kappa shape index (κ3) is 7.07. The van der Waals surface area contributed by atoms with E-state index < -0.39 is 5.97 Å². The largest absolute Gasteiger partial charge is 0.480 e. The number of thioether (sulfide) groups is 1. The molecule has 2 N–H and O–H groups in total. The van der Waals surface area contributed by atoms with E-state index in [9.17, 15) is 9.59 Å². The van der Waals surface area contributed by atoms with E-state index in [-0.39, 0.29) is 18.6 Å². The molecule has 15 heavy (non-hydrogen) atoms. The van der Waals surface area contributed by atoms with Crippen molar-refractivity contribution in [1.29, 1.82) is 0 Å². The highest BCUT2D eigenvalue weighted by atomic mass is 32.2. The number of hydrogen-bond acceptors (Lipinski definition) is 3. The highest BCUT2D eigenvalue weighted by Gasteiger charge is 2.13. The monoisotopic (exact) mass is 234 g/mol. The predicted molar refractivity (Wildman–Crippen MR) is 61.3 cm³/mol. The molecule has 0 heterocycles. The summed E-state index contributed by atoms with van der Waals surface area (Å²) in [6.45, 7) is 1.63. The summed E-state index contributed by atoms with van der Waals surface area (Å²) in [4.78, 5) is 22.9. The lowest BCUT2D eigenvalue weighted by atomic mass is 10.3. The van der Waals surface area contributed by atoms with Crippen LogP contribution in [0.2, 0.25) is 0 Å². The van der Waals surface area contributed by atoms with Crippen molar-refractivity contribution in [3.63, 3.8) is 0 Å². The number of nitrogens with zero attached hydrogens (tertiary/aromatic N) is 1. The zero-order valence-corrected chi connectivity index (χ0v) is 10.1. The van der Waals surface area contributed by atoms with E-state index in [1.807, 2.05) is 13.2 Å². The van der Waals surface area contributed by atoms with Crippen LogP contribution >= 0.6 is 11.8 Å². The maximum Gasteiger partial charge on any atom is 0.323 e. The van der Waals surface area contributed by atoms with Crippen molar-refractivity contribution in [2.75, 3.05) is 25.6 Å². The van der Waals surface area contributed by atoms with Gasteiger partial charge in [0, 0.05) is 13.1 Å². The van der Waals surface area contributed by atoms with Gasteiger partial charge >= 0.3 is 12.0 Å². The molecule has 0 fully saturated rings. The van der Waals surface area contributed by atoms with Crippen LogP contribution in [0.25, 0.3) is 0 Å². The number of carbonyl (C=O) groups excluding carboxylic acids is 1.